The van der Waals surface area contributed by atoms with Gasteiger partial charge in [0.15, 0.2) is 0 Å². The number of aryl methyl sites for hydroxylation is 1. The summed E-state index contributed by atoms with van der Waals surface area (Å²) in [5.74, 6) is 0.783. The van der Waals surface area contributed by atoms with Gasteiger partial charge in [0.1, 0.15) is 0 Å². The summed E-state index contributed by atoms with van der Waals surface area (Å²) in [7, 11) is 0. The average molecular weight is 245 g/mol. The highest BCUT2D eigenvalue weighted by Gasteiger charge is 2.22. The molecular formula is C17H27N. The highest BCUT2D eigenvalue weighted by atomic mass is 14.9. The van der Waals surface area contributed by atoms with Crippen LogP contribution in [0.15, 0.2) is 24.3 Å². The SMILES string of the molecule is CCCC(CC1CCCc2ccccc21)NCC. The Morgan fingerprint density at radius 2 is 2.11 bits per heavy atom. The summed E-state index contributed by atoms with van der Waals surface area (Å²) in [4.78, 5) is 0. The van der Waals surface area contributed by atoms with Gasteiger partial charge in [-0.1, -0.05) is 44.5 Å². The van der Waals surface area contributed by atoms with Crippen molar-refractivity contribution >= 4 is 0 Å². The maximum absolute atomic E-state index is 3.66. The molecule has 1 N–H and O–H groups in total. The molecule has 0 heterocycles. The molecule has 1 nitrogen and oxygen atoms in total. The zero-order valence-electron chi connectivity index (χ0n) is 11.9. The van der Waals surface area contributed by atoms with Crippen LogP contribution in [-0.2, 0) is 6.42 Å². The predicted octanol–water partition coefficient (Wildman–Crippen LogP) is 4.27. The molecule has 1 aliphatic carbocycles. The van der Waals surface area contributed by atoms with Crippen LogP contribution in [-0.4, -0.2) is 12.6 Å². The van der Waals surface area contributed by atoms with Crippen molar-refractivity contribution in [1.82, 2.24) is 5.32 Å². The Labute approximate surface area is 112 Å². The highest BCUT2D eigenvalue weighted by molar-refractivity contribution is 5.32. The Morgan fingerprint density at radius 3 is 2.89 bits per heavy atom. The molecule has 0 fully saturated rings. The van der Waals surface area contributed by atoms with Crippen molar-refractivity contribution in [3.63, 3.8) is 0 Å². The molecule has 18 heavy (non-hydrogen) atoms. The zero-order valence-corrected chi connectivity index (χ0v) is 11.9. The predicted molar refractivity (Wildman–Crippen MR) is 79.1 cm³/mol. The van der Waals surface area contributed by atoms with Crippen LogP contribution in [0, 0.1) is 0 Å². The second kappa shape index (κ2) is 6.94. The number of rotatable bonds is 6. The first kappa shape index (κ1) is 13.6. The van der Waals surface area contributed by atoms with Gasteiger partial charge < -0.3 is 5.32 Å². The van der Waals surface area contributed by atoms with E-state index in [4.69, 9.17) is 0 Å². The largest absolute Gasteiger partial charge is 0.314 e. The second-order valence-electron chi connectivity index (χ2n) is 5.57. The fraction of sp³-hybridized carbons (Fsp3) is 0.647. The van der Waals surface area contributed by atoms with E-state index in [9.17, 15) is 0 Å². The number of hydrogen-bond donors (Lipinski definition) is 1. The first-order valence-corrected chi connectivity index (χ1v) is 7.66. The Balaban J connectivity index is 2.05. The molecule has 100 valence electrons. The third-order valence-corrected chi connectivity index (χ3v) is 4.19. The van der Waals surface area contributed by atoms with Crippen molar-refractivity contribution in [2.75, 3.05) is 6.54 Å². The number of hydrogen-bond acceptors (Lipinski definition) is 1. The standard InChI is InChI=1S/C17H27N/c1-3-8-16(18-4-2)13-15-11-7-10-14-9-5-6-12-17(14)15/h5-6,9,12,15-16,18H,3-4,7-8,10-11,13H2,1-2H3. The topological polar surface area (TPSA) is 12.0 Å². The van der Waals surface area contributed by atoms with Crippen molar-refractivity contribution in [2.24, 2.45) is 0 Å². The fourth-order valence-corrected chi connectivity index (χ4v) is 3.38. The van der Waals surface area contributed by atoms with Crippen molar-refractivity contribution in [3.05, 3.63) is 35.4 Å². The monoisotopic (exact) mass is 245 g/mol. The van der Waals surface area contributed by atoms with E-state index in [1.54, 1.807) is 11.1 Å². The molecule has 2 rings (SSSR count). The van der Waals surface area contributed by atoms with E-state index < -0.39 is 0 Å². The van der Waals surface area contributed by atoms with Crippen LogP contribution >= 0.6 is 0 Å². The van der Waals surface area contributed by atoms with Crippen LogP contribution in [0.1, 0.15) is 63.0 Å². The first-order valence-electron chi connectivity index (χ1n) is 7.66. The lowest BCUT2D eigenvalue weighted by molar-refractivity contribution is 0.396. The van der Waals surface area contributed by atoms with E-state index in [1.807, 2.05) is 0 Å². The van der Waals surface area contributed by atoms with Crippen LogP contribution in [0.4, 0.5) is 0 Å². The maximum Gasteiger partial charge on any atom is 0.00726 e. The summed E-state index contributed by atoms with van der Waals surface area (Å²) in [5.41, 5.74) is 3.23. The van der Waals surface area contributed by atoms with Gasteiger partial charge in [-0.15, -0.1) is 0 Å². The van der Waals surface area contributed by atoms with Gasteiger partial charge in [0.25, 0.3) is 0 Å². The van der Waals surface area contributed by atoms with Crippen molar-refractivity contribution in [2.45, 2.75) is 64.3 Å². The van der Waals surface area contributed by atoms with E-state index in [1.165, 1.54) is 38.5 Å². The molecule has 1 aromatic carbocycles. The Bertz CT molecular complexity index is 352. The number of benzene rings is 1. The van der Waals surface area contributed by atoms with Gasteiger partial charge >= 0.3 is 0 Å². The van der Waals surface area contributed by atoms with Gasteiger partial charge in [-0.3, -0.25) is 0 Å². The minimum absolute atomic E-state index is 0.705. The molecule has 1 aliphatic rings. The van der Waals surface area contributed by atoms with Crippen LogP contribution in [0.5, 0.6) is 0 Å². The molecule has 0 saturated carbocycles. The van der Waals surface area contributed by atoms with Crippen LogP contribution in [0.3, 0.4) is 0 Å². The van der Waals surface area contributed by atoms with Crippen molar-refractivity contribution in [3.8, 4) is 0 Å². The van der Waals surface area contributed by atoms with E-state index in [0.717, 1.165) is 12.5 Å². The minimum Gasteiger partial charge on any atom is -0.314 e. The molecule has 1 heteroatoms. The van der Waals surface area contributed by atoms with Crippen molar-refractivity contribution < 1.29 is 0 Å². The summed E-state index contributed by atoms with van der Waals surface area (Å²) in [6.07, 6.45) is 7.94. The summed E-state index contributed by atoms with van der Waals surface area (Å²) < 4.78 is 0. The molecule has 0 amide bonds. The lowest BCUT2D eigenvalue weighted by atomic mass is 9.79. The fourth-order valence-electron chi connectivity index (χ4n) is 3.38. The van der Waals surface area contributed by atoms with Gasteiger partial charge in [0.2, 0.25) is 0 Å². The zero-order chi connectivity index (χ0) is 12.8. The van der Waals surface area contributed by atoms with Gasteiger partial charge in [-0.25, -0.2) is 0 Å². The smallest absolute Gasteiger partial charge is 0.00726 e. The van der Waals surface area contributed by atoms with Gasteiger partial charge in [-0.2, -0.15) is 0 Å². The lowest BCUT2D eigenvalue weighted by Crippen LogP contribution is -2.31. The summed E-state index contributed by atoms with van der Waals surface area (Å²) in [6, 6.07) is 9.78. The third kappa shape index (κ3) is 3.35. The van der Waals surface area contributed by atoms with Gasteiger partial charge in [-0.05, 0) is 55.7 Å². The number of fused-ring (bicyclic) bond motifs is 1. The Kier molecular flexibility index (Phi) is 5.25. The molecule has 0 aromatic heterocycles. The van der Waals surface area contributed by atoms with E-state index in [0.29, 0.717) is 6.04 Å². The molecule has 2 atom stereocenters. The highest BCUT2D eigenvalue weighted by Crippen LogP contribution is 2.35. The third-order valence-electron chi connectivity index (χ3n) is 4.19. The lowest BCUT2D eigenvalue weighted by Gasteiger charge is -2.29. The summed E-state index contributed by atoms with van der Waals surface area (Å²) in [6.45, 7) is 5.61. The molecule has 0 saturated heterocycles. The Hall–Kier alpha value is -0.820. The minimum atomic E-state index is 0.705. The van der Waals surface area contributed by atoms with Crippen LogP contribution in [0.2, 0.25) is 0 Å². The van der Waals surface area contributed by atoms with E-state index in [-0.39, 0.29) is 0 Å². The second-order valence-corrected chi connectivity index (χ2v) is 5.57. The Morgan fingerprint density at radius 1 is 1.28 bits per heavy atom. The molecule has 0 spiro atoms. The molecule has 1 aromatic rings. The summed E-state index contributed by atoms with van der Waals surface area (Å²) >= 11 is 0. The average Bonchev–Trinajstić information content (AvgIpc) is 2.40. The maximum atomic E-state index is 3.66. The number of nitrogens with one attached hydrogen (secondary N) is 1. The van der Waals surface area contributed by atoms with Gasteiger partial charge in [0.05, 0.1) is 0 Å². The normalized spacial score (nSPS) is 20.4. The molecular weight excluding hydrogens is 218 g/mol. The van der Waals surface area contributed by atoms with Crippen molar-refractivity contribution in [1.29, 1.82) is 0 Å². The summed E-state index contributed by atoms with van der Waals surface area (Å²) in [5, 5.41) is 3.66. The molecule has 0 aliphatic heterocycles. The molecule has 0 radical (unpaired) electrons. The molecule has 2 unspecified atom stereocenters. The van der Waals surface area contributed by atoms with Gasteiger partial charge in [0, 0.05) is 6.04 Å². The van der Waals surface area contributed by atoms with E-state index in [2.05, 4.69) is 43.4 Å². The van der Waals surface area contributed by atoms with E-state index >= 15 is 0 Å². The quantitative estimate of drug-likeness (QED) is 0.789. The van der Waals surface area contributed by atoms with Crippen LogP contribution in [0.25, 0.3) is 0 Å². The van der Waals surface area contributed by atoms with Crippen LogP contribution < -0.4 is 5.32 Å². The first-order chi connectivity index (χ1) is 8.85. The molecule has 0 bridgehead atoms.